The van der Waals surface area contributed by atoms with Gasteiger partial charge in [0.15, 0.2) is 0 Å². The predicted octanol–water partition coefficient (Wildman–Crippen LogP) is 1.38. The van der Waals surface area contributed by atoms with Crippen LogP contribution in [0, 0.1) is 0 Å². The lowest BCUT2D eigenvalue weighted by atomic mass is 10.2. The third-order valence-corrected chi connectivity index (χ3v) is 3.32. The lowest BCUT2D eigenvalue weighted by Crippen LogP contribution is -2.43. The van der Waals surface area contributed by atoms with Gasteiger partial charge in [0, 0.05) is 6.04 Å². The van der Waals surface area contributed by atoms with Crippen LogP contribution < -0.4 is 20.7 Å². The number of nitrogens with one attached hydrogen (secondary N) is 1. The van der Waals surface area contributed by atoms with Crippen LogP contribution in [0.2, 0.25) is 0 Å². The Kier molecular flexibility index (Phi) is 4.14. The summed E-state index contributed by atoms with van der Waals surface area (Å²) in [6.45, 7) is 5.61. The van der Waals surface area contributed by atoms with Gasteiger partial charge in [0.1, 0.15) is 18.0 Å². The summed E-state index contributed by atoms with van der Waals surface area (Å²) in [5, 5.41) is 2.96. The molecule has 0 aromatic heterocycles. The lowest BCUT2D eigenvalue weighted by Gasteiger charge is -2.32. The normalized spacial score (nSPS) is 15.4. The number of anilines is 2. The maximum atomic E-state index is 12.0. The highest BCUT2D eigenvalue weighted by Gasteiger charge is 2.22. The van der Waals surface area contributed by atoms with Crippen LogP contribution in [0.5, 0.6) is 5.75 Å². The Morgan fingerprint density at radius 3 is 3.11 bits per heavy atom. The van der Waals surface area contributed by atoms with Gasteiger partial charge in [-0.15, -0.1) is 0 Å². The van der Waals surface area contributed by atoms with Crippen molar-refractivity contribution in [2.24, 2.45) is 0 Å². The van der Waals surface area contributed by atoms with Crippen LogP contribution in [0.1, 0.15) is 20.3 Å². The minimum absolute atomic E-state index is 0.0189. The number of carbonyl (C=O) groups is 1. The molecule has 1 aliphatic rings. The van der Waals surface area contributed by atoms with E-state index < -0.39 is 0 Å². The summed E-state index contributed by atoms with van der Waals surface area (Å²) in [5.41, 5.74) is 7.46. The van der Waals surface area contributed by atoms with Gasteiger partial charge in [0.25, 0.3) is 0 Å². The fourth-order valence-electron chi connectivity index (χ4n) is 2.13. The van der Waals surface area contributed by atoms with Gasteiger partial charge in [0.05, 0.1) is 18.8 Å². The minimum atomic E-state index is 0.0189. The second-order valence-corrected chi connectivity index (χ2v) is 4.84. The van der Waals surface area contributed by atoms with Crippen LogP contribution in [-0.2, 0) is 4.79 Å². The fourth-order valence-corrected chi connectivity index (χ4v) is 2.13. The van der Waals surface area contributed by atoms with Gasteiger partial charge in [-0.2, -0.15) is 0 Å². The van der Waals surface area contributed by atoms with Crippen LogP contribution in [-0.4, -0.2) is 31.6 Å². The molecule has 1 aromatic carbocycles. The standard InChI is InChI=1S/C14H21N3O2/c1-3-10(2)16-13(18)9-17-7-8-19-12-6-4-5-11(15)14(12)17/h4-6,10H,3,7-9,15H2,1-2H3,(H,16,18). The molecule has 19 heavy (non-hydrogen) atoms. The van der Waals surface area contributed by atoms with Crippen molar-refractivity contribution in [3.63, 3.8) is 0 Å². The number of rotatable bonds is 4. The summed E-state index contributed by atoms with van der Waals surface area (Å²) in [4.78, 5) is 13.9. The summed E-state index contributed by atoms with van der Waals surface area (Å²) in [6.07, 6.45) is 0.924. The van der Waals surface area contributed by atoms with Crippen LogP contribution in [0.3, 0.4) is 0 Å². The second-order valence-electron chi connectivity index (χ2n) is 4.84. The molecule has 0 saturated carbocycles. The number of benzene rings is 1. The Bertz CT molecular complexity index is 462. The quantitative estimate of drug-likeness (QED) is 0.805. The molecule has 0 spiro atoms. The first-order valence-electron chi connectivity index (χ1n) is 6.67. The van der Waals surface area contributed by atoms with Gasteiger partial charge in [-0.05, 0) is 25.5 Å². The number of hydrogen-bond donors (Lipinski definition) is 2. The largest absolute Gasteiger partial charge is 0.489 e. The summed E-state index contributed by atoms with van der Waals surface area (Å²) < 4.78 is 5.56. The van der Waals surface area contributed by atoms with Gasteiger partial charge in [-0.3, -0.25) is 4.79 Å². The molecular weight excluding hydrogens is 242 g/mol. The van der Waals surface area contributed by atoms with Crippen molar-refractivity contribution in [2.75, 3.05) is 30.3 Å². The number of para-hydroxylation sites is 1. The first kappa shape index (κ1) is 13.5. The van der Waals surface area contributed by atoms with Crippen molar-refractivity contribution in [3.8, 4) is 5.75 Å². The maximum absolute atomic E-state index is 12.0. The minimum Gasteiger partial charge on any atom is -0.489 e. The van der Waals surface area contributed by atoms with Gasteiger partial charge >= 0.3 is 0 Å². The Hall–Kier alpha value is -1.91. The average Bonchev–Trinajstić information content (AvgIpc) is 2.38. The maximum Gasteiger partial charge on any atom is 0.239 e. The molecule has 5 heteroatoms. The molecule has 1 aliphatic heterocycles. The van der Waals surface area contributed by atoms with Gasteiger partial charge in [-0.1, -0.05) is 13.0 Å². The summed E-state index contributed by atoms with van der Waals surface area (Å²) in [6, 6.07) is 5.76. The van der Waals surface area contributed by atoms with Crippen LogP contribution >= 0.6 is 0 Å². The molecule has 1 atom stereocenters. The molecule has 0 radical (unpaired) electrons. The van der Waals surface area contributed by atoms with E-state index in [0.717, 1.165) is 17.9 Å². The van der Waals surface area contributed by atoms with E-state index in [2.05, 4.69) is 5.32 Å². The number of nitrogens with zero attached hydrogens (tertiary/aromatic N) is 1. The Labute approximate surface area is 113 Å². The molecule has 104 valence electrons. The van der Waals surface area contributed by atoms with E-state index in [1.54, 1.807) is 0 Å². The molecule has 0 aliphatic carbocycles. The Morgan fingerprint density at radius 1 is 1.58 bits per heavy atom. The molecule has 1 unspecified atom stereocenters. The molecule has 1 amide bonds. The van der Waals surface area contributed by atoms with E-state index in [4.69, 9.17) is 10.5 Å². The molecule has 0 saturated heterocycles. The van der Waals surface area contributed by atoms with E-state index >= 15 is 0 Å². The number of fused-ring (bicyclic) bond motifs is 1. The number of carbonyl (C=O) groups excluding carboxylic acids is 1. The van der Waals surface area contributed by atoms with Crippen molar-refractivity contribution in [3.05, 3.63) is 18.2 Å². The molecule has 1 aromatic rings. The first-order valence-corrected chi connectivity index (χ1v) is 6.67. The molecule has 3 N–H and O–H groups in total. The number of ether oxygens (including phenoxy) is 1. The average molecular weight is 263 g/mol. The van der Waals surface area contributed by atoms with Gasteiger partial charge in [0.2, 0.25) is 5.91 Å². The number of nitrogen functional groups attached to an aromatic ring is 1. The highest BCUT2D eigenvalue weighted by molar-refractivity contribution is 5.85. The first-order chi connectivity index (χ1) is 9.11. The second kappa shape index (κ2) is 5.82. The topological polar surface area (TPSA) is 67.6 Å². The molecule has 2 rings (SSSR count). The molecule has 0 bridgehead atoms. The van der Waals surface area contributed by atoms with Gasteiger partial charge in [-0.25, -0.2) is 0 Å². The summed E-state index contributed by atoms with van der Waals surface area (Å²) in [5.74, 6) is 0.771. The number of hydrogen-bond acceptors (Lipinski definition) is 4. The monoisotopic (exact) mass is 263 g/mol. The van der Waals surface area contributed by atoms with E-state index in [-0.39, 0.29) is 11.9 Å². The van der Waals surface area contributed by atoms with Gasteiger partial charge < -0.3 is 20.7 Å². The predicted molar refractivity (Wildman–Crippen MR) is 76.5 cm³/mol. The van der Waals surface area contributed by atoms with Crippen molar-refractivity contribution in [1.29, 1.82) is 0 Å². The highest BCUT2D eigenvalue weighted by atomic mass is 16.5. The summed E-state index contributed by atoms with van der Waals surface area (Å²) in [7, 11) is 0. The third-order valence-electron chi connectivity index (χ3n) is 3.32. The zero-order valence-corrected chi connectivity index (χ0v) is 11.5. The van der Waals surface area contributed by atoms with Crippen molar-refractivity contribution < 1.29 is 9.53 Å². The Balaban J connectivity index is 2.09. The lowest BCUT2D eigenvalue weighted by molar-refractivity contribution is -0.120. The van der Waals surface area contributed by atoms with Crippen molar-refractivity contribution >= 4 is 17.3 Å². The molecule has 0 fully saturated rings. The Morgan fingerprint density at radius 2 is 2.37 bits per heavy atom. The molecule has 5 nitrogen and oxygen atoms in total. The van der Waals surface area contributed by atoms with E-state index in [9.17, 15) is 4.79 Å². The van der Waals surface area contributed by atoms with E-state index in [1.165, 1.54) is 0 Å². The van der Waals surface area contributed by atoms with Crippen molar-refractivity contribution in [1.82, 2.24) is 5.32 Å². The van der Waals surface area contributed by atoms with Crippen molar-refractivity contribution in [2.45, 2.75) is 26.3 Å². The van der Waals surface area contributed by atoms with Crippen LogP contribution in [0.4, 0.5) is 11.4 Å². The highest BCUT2D eigenvalue weighted by Crippen LogP contribution is 2.36. The van der Waals surface area contributed by atoms with Crippen LogP contribution in [0.15, 0.2) is 18.2 Å². The number of nitrogens with two attached hydrogens (primary N) is 1. The smallest absolute Gasteiger partial charge is 0.239 e. The van der Waals surface area contributed by atoms with Crippen LogP contribution in [0.25, 0.3) is 0 Å². The number of amides is 1. The van der Waals surface area contributed by atoms with E-state index in [1.807, 2.05) is 36.9 Å². The zero-order valence-electron chi connectivity index (χ0n) is 11.5. The molecular formula is C14H21N3O2. The zero-order chi connectivity index (χ0) is 13.8. The summed E-state index contributed by atoms with van der Waals surface area (Å²) >= 11 is 0. The third kappa shape index (κ3) is 3.10. The molecule has 1 heterocycles. The SMILES string of the molecule is CCC(C)NC(=O)CN1CCOc2cccc(N)c21. The van der Waals surface area contributed by atoms with E-state index in [0.29, 0.717) is 25.4 Å². The fraction of sp³-hybridized carbons (Fsp3) is 0.500.